The maximum absolute atomic E-state index is 13.4. The van der Waals surface area contributed by atoms with Crippen LogP contribution in [0.1, 0.15) is 29.3 Å². The molecular weight excluding hydrogens is 417 g/mol. The first-order valence-electron chi connectivity index (χ1n) is 9.13. The zero-order valence-electron chi connectivity index (χ0n) is 15.3. The van der Waals surface area contributed by atoms with Gasteiger partial charge in [-0.2, -0.15) is 0 Å². The Balaban J connectivity index is 1.91. The number of nitrogens with zero attached hydrogens (tertiary/aromatic N) is 1. The molecule has 1 aromatic heterocycles. The Morgan fingerprint density at radius 3 is 2.31 bits per heavy atom. The Labute approximate surface area is 175 Å². The lowest BCUT2D eigenvalue weighted by molar-refractivity contribution is 0.104. The Bertz CT molecular complexity index is 1280. The summed E-state index contributed by atoms with van der Waals surface area (Å²) in [7, 11) is 0. The highest BCUT2D eigenvalue weighted by molar-refractivity contribution is 6.43. The van der Waals surface area contributed by atoms with Gasteiger partial charge in [0.2, 0.25) is 6.79 Å². The molecule has 0 amide bonds. The molecule has 6 nitrogen and oxygen atoms in total. The van der Waals surface area contributed by atoms with Crippen LogP contribution < -0.4 is 15.0 Å². The molecule has 5 rings (SSSR count). The van der Waals surface area contributed by atoms with E-state index in [1.54, 1.807) is 18.2 Å². The highest BCUT2D eigenvalue weighted by atomic mass is 35.5. The van der Waals surface area contributed by atoms with Crippen LogP contribution in [0, 0.1) is 0 Å². The first kappa shape index (κ1) is 18.5. The monoisotopic (exact) mass is 431 g/mol. The number of hydrogen-bond acceptors (Lipinski definition) is 5. The minimum atomic E-state index is -0.745. The van der Waals surface area contributed by atoms with Gasteiger partial charge in [0.15, 0.2) is 17.3 Å². The van der Waals surface area contributed by atoms with Crippen molar-refractivity contribution in [2.75, 3.05) is 6.79 Å². The number of pyridine rings is 1. The van der Waals surface area contributed by atoms with E-state index in [2.05, 4.69) is 0 Å². The molecule has 1 aliphatic carbocycles. The second-order valence-electron chi connectivity index (χ2n) is 7.09. The van der Waals surface area contributed by atoms with Crippen molar-refractivity contribution in [3.63, 3.8) is 0 Å². The highest BCUT2D eigenvalue weighted by Crippen LogP contribution is 2.46. The largest absolute Gasteiger partial charge is 0.454 e. The number of carbonyl (C=O) groups is 1. The van der Waals surface area contributed by atoms with E-state index in [0.717, 1.165) is 0 Å². The highest BCUT2D eigenvalue weighted by Gasteiger charge is 2.35. The second kappa shape index (κ2) is 6.49. The third kappa shape index (κ3) is 2.60. The van der Waals surface area contributed by atoms with E-state index in [9.17, 15) is 14.7 Å². The molecule has 29 heavy (non-hydrogen) atoms. The molecule has 0 spiro atoms. The molecular formula is C21H15Cl2NO5. The third-order valence-electron chi connectivity index (χ3n) is 5.42. The smallest absolute Gasteiger partial charge is 0.259 e. The summed E-state index contributed by atoms with van der Waals surface area (Å²) >= 11 is 12.3. The van der Waals surface area contributed by atoms with E-state index in [4.69, 9.17) is 32.7 Å². The number of halogens is 2. The summed E-state index contributed by atoms with van der Waals surface area (Å²) in [5.41, 5.74) is 1.46. The van der Waals surface area contributed by atoms with Gasteiger partial charge in [0.1, 0.15) is 0 Å². The standard InChI is InChI=1S/C21H15Cl2NO5/c1-2-9(25)7-24-19-11-5-16-17(29-8-28-16)6-12(11)20(26)18(19)10-3-14(22)15(23)4-13(10)21(24)27/h3-6,9,25H,2,7-8H2,1H3/t9-/m1/s1. The number of aliphatic hydroxyl groups excluding tert-OH is 1. The van der Waals surface area contributed by atoms with Gasteiger partial charge in [-0.25, -0.2) is 0 Å². The molecule has 0 saturated carbocycles. The van der Waals surface area contributed by atoms with Crippen LogP contribution in [0.15, 0.2) is 29.1 Å². The molecule has 8 heteroatoms. The summed E-state index contributed by atoms with van der Waals surface area (Å²) in [4.78, 5) is 26.7. The minimum absolute atomic E-state index is 0.0506. The van der Waals surface area contributed by atoms with Crippen molar-refractivity contribution in [3.8, 4) is 22.8 Å². The normalized spacial score (nSPS) is 15.0. The van der Waals surface area contributed by atoms with Gasteiger partial charge in [0.05, 0.1) is 34.0 Å². The second-order valence-corrected chi connectivity index (χ2v) is 7.91. The summed E-state index contributed by atoms with van der Waals surface area (Å²) in [6.45, 7) is 1.95. The summed E-state index contributed by atoms with van der Waals surface area (Å²) in [5.74, 6) is 0.753. The van der Waals surface area contributed by atoms with E-state index >= 15 is 0 Å². The van der Waals surface area contributed by atoms with Gasteiger partial charge >= 0.3 is 0 Å². The first-order valence-corrected chi connectivity index (χ1v) is 9.88. The molecule has 148 valence electrons. The van der Waals surface area contributed by atoms with Gasteiger partial charge in [0.25, 0.3) is 5.56 Å². The van der Waals surface area contributed by atoms with Crippen LogP contribution in [0.4, 0.5) is 0 Å². The molecule has 0 bridgehead atoms. The fraction of sp³-hybridized carbons (Fsp3) is 0.238. The van der Waals surface area contributed by atoms with Crippen LogP contribution in [0.2, 0.25) is 10.0 Å². The first-order chi connectivity index (χ1) is 13.9. The van der Waals surface area contributed by atoms with E-state index in [0.29, 0.717) is 45.7 Å². The Morgan fingerprint density at radius 1 is 1.03 bits per heavy atom. The molecule has 1 atom stereocenters. The zero-order chi connectivity index (χ0) is 20.4. The maximum atomic E-state index is 13.4. The average molecular weight is 432 g/mol. The van der Waals surface area contributed by atoms with Gasteiger partial charge < -0.3 is 19.1 Å². The molecule has 1 aliphatic heterocycles. The lowest BCUT2D eigenvalue weighted by Crippen LogP contribution is -2.28. The molecule has 2 heterocycles. The van der Waals surface area contributed by atoms with Crippen molar-refractivity contribution in [1.29, 1.82) is 0 Å². The molecule has 2 aromatic carbocycles. The van der Waals surface area contributed by atoms with Crippen LogP contribution in [0.3, 0.4) is 0 Å². The van der Waals surface area contributed by atoms with Crippen LogP contribution in [-0.4, -0.2) is 28.4 Å². The van der Waals surface area contributed by atoms with Crippen LogP contribution >= 0.6 is 23.2 Å². The van der Waals surface area contributed by atoms with Crippen LogP contribution in [0.5, 0.6) is 11.5 Å². The lowest BCUT2D eigenvalue weighted by atomic mass is 10.0. The molecule has 2 aliphatic rings. The number of hydrogen-bond donors (Lipinski definition) is 1. The summed E-state index contributed by atoms with van der Waals surface area (Å²) in [5, 5.41) is 11.5. The van der Waals surface area contributed by atoms with Crippen molar-refractivity contribution in [2.45, 2.75) is 26.0 Å². The van der Waals surface area contributed by atoms with Crippen molar-refractivity contribution < 1.29 is 19.4 Å². The van der Waals surface area contributed by atoms with E-state index in [-0.39, 0.29) is 40.1 Å². The Morgan fingerprint density at radius 2 is 1.66 bits per heavy atom. The number of fused-ring (bicyclic) bond motifs is 6. The van der Waals surface area contributed by atoms with Gasteiger partial charge in [-0.15, -0.1) is 0 Å². The van der Waals surface area contributed by atoms with Crippen molar-refractivity contribution in [3.05, 3.63) is 55.8 Å². The van der Waals surface area contributed by atoms with Gasteiger partial charge in [-0.1, -0.05) is 30.1 Å². The summed E-state index contributed by atoms with van der Waals surface area (Å²) in [6, 6.07) is 6.36. The zero-order valence-corrected chi connectivity index (χ0v) is 16.8. The van der Waals surface area contributed by atoms with Crippen molar-refractivity contribution >= 4 is 39.8 Å². The summed E-state index contributed by atoms with van der Waals surface area (Å²) in [6.07, 6.45) is -0.284. The quantitative estimate of drug-likeness (QED) is 0.529. The SMILES string of the molecule is CC[C@@H](O)Cn1c2c(c3cc(Cl)c(Cl)cc3c1=O)C(=O)c1cc3c(cc1-2)OCO3. The van der Waals surface area contributed by atoms with Gasteiger partial charge in [0, 0.05) is 21.9 Å². The number of ketones is 1. The third-order valence-corrected chi connectivity index (χ3v) is 6.14. The number of rotatable bonds is 3. The van der Waals surface area contributed by atoms with Gasteiger partial charge in [-0.05, 0) is 30.7 Å². The summed E-state index contributed by atoms with van der Waals surface area (Å²) < 4.78 is 12.3. The number of aromatic nitrogens is 1. The van der Waals surface area contributed by atoms with Crippen LogP contribution in [-0.2, 0) is 6.54 Å². The average Bonchev–Trinajstić information content (AvgIpc) is 3.27. The molecule has 0 radical (unpaired) electrons. The van der Waals surface area contributed by atoms with Crippen LogP contribution in [0.25, 0.3) is 22.0 Å². The maximum Gasteiger partial charge on any atom is 0.259 e. The van der Waals surface area contributed by atoms with E-state index in [1.165, 1.54) is 10.6 Å². The number of benzene rings is 2. The molecule has 0 saturated heterocycles. The number of carbonyl (C=O) groups excluding carboxylic acids is 1. The molecule has 1 N–H and O–H groups in total. The van der Waals surface area contributed by atoms with E-state index in [1.807, 2.05) is 6.92 Å². The van der Waals surface area contributed by atoms with E-state index < -0.39 is 6.10 Å². The lowest BCUT2D eigenvalue weighted by Gasteiger charge is -2.18. The predicted molar refractivity (Wildman–Crippen MR) is 110 cm³/mol. The Hall–Kier alpha value is -2.54. The molecule has 3 aromatic rings. The Kier molecular flexibility index (Phi) is 4.13. The predicted octanol–water partition coefficient (Wildman–Crippen LogP) is 4.02. The fourth-order valence-electron chi connectivity index (χ4n) is 3.92. The fourth-order valence-corrected chi connectivity index (χ4v) is 4.25. The van der Waals surface area contributed by atoms with Gasteiger partial charge in [-0.3, -0.25) is 9.59 Å². The minimum Gasteiger partial charge on any atom is -0.454 e. The topological polar surface area (TPSA) is 77.8 Å². The van der Waals surface area contributed by atoms with Crippen molar-refractivity contribution in [1.82, 2.24) is 4.57 Å². The number of aliphatic hydroxyl groups is 1. The number of ether oxygens (including phenoxy) is 2. The molecule has 0 fully saturated rings. The molecule has 0 unspecified atom stereocenters. The van der Waals surface area contributed by atoms with Crippen molar-refractivity contribution in [2.24, 2.45) is 0 Å².